The first-order chi connectivity index (χ1) is 9.78. The summed E-state index contributed by atoms with van der Waals surface area (Å²) in [6.07, 6.45) is 0. The minimum absolute atomic E-state index is 0.582. The Labute approximate surface area is 114 Å². The lowest BCUT2D eigenvalue weighted by Crippen LogP contribution is -2.00. The van der Waals surface area contributed by atoms with Crippen molar-refractivity contribution < 1.29 is 9.47 Å². The van der Waals surface area contributed by atoms with Crippen molar-refractivity contribution >= 4 is 17.2 Å². The highest BCUT2D eigenvalue weighted by atomic mass is 16.5. The molecule has 8 nitrogen and oxygen atoms in total. The van der Waals surface area contributed by atoms with Crippen LogP contribution in [0.25, 0.3) is 5.65 Å². The fourth-order valence-corrected chi connectivity index (χ4v) is 1.74. The molecule has 2 aromatic heterocycles. The second-order valence-electron chi connectivity index (χ2n) is 3.97. The summed E-state index contributed by atoms with van der Waals surface area (Å²) in [4.78, 5) is 0. The molecule has 0 aliphatic carbocycles. The van der Waals surface area contributed by atoms with Crippen LogP contribution in [0.4, 0.5) is 11.5 Å². The van der Waals surface area contributed by atoms with E-state index < -0.39 is 0 Å². The van der Waals surface area contributed by atoms with E-state index in [1.165, 1.54) is 4.63 Å². The third-order valence-corrected chi connectivity index (χ3v) is 2.69. The van der Waals surface area contributed by atoms with Gasteiger partial charge < -0.3 is 14.8 Å². The van der Waals surface area contributed by atoms with Crippen LogP contribution in [-0.4, -0.2) is 39.5 Å². The molecule has 2 heterocycles. The smallest absolute Gasteiger partial charge is 0.200 e. The molecule has 0 spiro atoms. The number of methoxy groups -OCH3 is 2. The molecule has 0 aliphatic rings. The van der Waals surface area contributed by atoms with Crippen molar-refractivity contribution in [3.05, 3.63) is 30.3 Å². The topological polar surface area (TPSA) is 86.5 Å². The zero-order valence-corrected chi connectivity index (χ0v) is 10.9. The standard InChI is InChI=1S/C12H12N6O2/c1-19-9-5-8(6-10(7-9)20-2)13-11-3-4-12-14-16-17-18(12)15-11/h3-7H,1-2H3,(H,13,15). The molecule has 0 bridgehead atoms. The maximum absolute atomic E-state index is 5.21. The van der Waals surface area contributed by atoms with Gasteiger partial charge >= 0.3 is 0 Å². The zero-order valence-electron chi connectivity index (χ0n) is 10.9. The molecule has 0 unspecified atom stereocenters. The van der Waals surface area contributed by atoms with Gasteiger partial charge in [0, 0.05) is 23.9 Å². The molecule has 0 atom stereocenters. The maximum Gasteiger partial charge on any atom is 0.200 e. The lowest BCUT2D eigenvalue weighted by Gasteiger charge is -2.09. The molecule has 20 heavy (non-hydrogen) atoms. The van der Waals surface area contributed by atoms with Gasteiger partial charge in [-0.1, -0.05) is 0 Å². The Morgan fingerprint density at radius 2 is 1.80 bits per heavy atom. The number of aromatic nitrogens is 5. The fourth-order valence-electron chi connectivity index (χ4n) is 1.74. The molecule has 1 aromatic carbocycles. The van der Waals surface area contributed by atoms with Gasteiger partial charge in [-0.2, -0.15) is 0 Å². The summed E-state index contributed by atoms with van der Waals surface area (Å²) in [6, 6.07) is 9.04. The molecule has 0 fully saturated rings. The Kier molecular flexibility index (Phi) is 3.04. The van der Waals surface area contributed by atoms with Gasteiger partial charge in [0.25, 0.3) is 0 Å². The monoisotopic (exact) mass is 272 g/mol. The summed E-state index contributed by atoms with van der Waals surface area (Å²) < 4.78 is 11.8. The second kappa shape index (κ2) is 5.00. The largest absolute Gasteiger partial charge is 0.497 e. The number of anilines is 2. The third kappa shape index (κ3) is 2.30. The van der Waals surface area contributed by atoms with Crippen LogP contribution in [0, 0.1) is 0 Å². The molecular formula is C12H12N6O2. The van der Waals surface area contributed by atoms with Crippen molar-refractivity contribution in [3.8, 4) is 11.5 Å². The summed E-state index contributed by atoms with van der Waals surface area (Å²) in [5, 5.41) is 18.5. The van der Waals surface area contributed by atoms with Gasteiger partial charge in [-0.25, -0.2) is 0 Å². The molecule has 1 N–H and O–H groups in total. The van der Waals surface area contributed by atoms with E-state index in [2.05, 4.69) is 25.9 Å². The van der Waals surface area contributed by atoms with Crippen LogP contribution in [0.5, 0.6) is 11.5 Å². The van der Waals surface area contributed by atoms with E-state index in [-0.39, 0.29) is 0 Å². The van der Waals surface area contributed by atoms with Gasteiger partial charge in [0.05, 0.1) is 14.2 Å². The minimum atomic E-state index is 0.582. The average molecular weight is 272 g/mol. The molecule has 3 aromatic rings. The van der Waals surface area contributed by atoms with Crippen molar-refractivity contribution in [2.75, 3.05) is 19.5 Å². The first-order valence-corrected chi connectivity index (χ1v) is 5.84. The van der Waals surface area contributed by atoms with E-state index >= 15 is 0 Å². The van der Waals surface area contributed by atoms with Crippen molar-refractivity contribution in [1.82, 2.24) is 25.3 Å². The van der Waals surface area contributed by atoms with Crippen LogP contribution < -0.4 is 14.8 Å². The summed E-state index contributed by atoms with van der Waals surface area (Å²) >= 11 is 0. The third-order valence-electron chi connectivity index (χ3n) is 2.69. The van der Waals surface area contributed by atoms with Crippen molar-refractivity contribution in [1.29, 1.82) is 0 Å². The predicted octanol–water partition coefficient (Wildman–Crippen LogP) is 1.28. The molecule has 102 valence electrons. The van der Waals surface area contributed by atoms with E-state index in [1.54, 1.807) is 32.4 Å². The number of nitrogens with zero attached hydrogens (tertiary/aromatic N) is 5. The number of tetrazole rings is 1. The van der Waals surface area contributed by atoms with E-state index in [4.69, 9.17) is 9.47 Å². The Bertz CT molecular complexity index is 719. The van der Waals surface area contributed by atoms with Gasteiger partial charge in [-0.15, -0.1) is 14.8 Å². The summed E-state index contributed by atoms with van der Waals surface area (Å²) in [5.41, 5.74) is 1.37. The number of hydrogen-bond donors (Lipinski definition) is 1. The van der Waals surface area contributed by atoms with Gasteiger partial charge in [0.1, 0.15) is 11.5 Å². The van der Waals surface area contributed by atoms with Crippen molar-refractivity contribution in [2.24, 2.45) is 0 Å². The number of benzene rings is 1. The average Bonchev–Trinajstić information content (AvgIpc) is 2.94. The molecule has 0 radical (unpaired) electrons. The van der Waals surface area contributed by atoms with E-state index in [0.717, 1.165) is 5.69 Å². The van der Waals surface area contributed by atoms with Crippen LogP contribution in [0.3, 0.4) is 0 Å². The molecule has 0 saturated heterocycles. The van der Waals surface area contributed by atoms with E-state index in [9.17, 15) is 0 Å². The summed E-state index contributed by atoms with van der Waals surface area (Å²) in [7, 11) is 3.20. The Morgan fingerprint density at radius 3 is 2.50 bits per heavy atom. The number of nitrogens with one attached hydrogen (secondary N) is 1. The van der Waals surface area contributed by atoms with Crippen molar-refractivity contribution in [2.45, 2.75) is 0 Å². The normalized spacial score (nSPS) is 10.5. The molecule has 3 rings (SSSR count). The van der Waals surface area contributed by atoms with Gasteiger partial charge in [-0.05, 0) is 22.6 Å². The quantitative estimate of drug-likeness (QED) is 0.765. The number of ether oxygens (including phenoxy) is 2. The molecular weight excluding hydrogens is 260 g/mol. The van der Waals surface area contributed by atoms with Gasteiger partial charge in [-0.3, -0.25) is 0 Å². The van der Waals surface area contributed by atoms with Gasteiger partial charge in [0.2, 0.25) is 0 Å². The molecule has 0 aliphatic heterocycles. The van der Waals surface area contributed by atoms with Crippen LogP contribution in [0.1, 0.15) is 0 Å². The minimum Gasteiger partial charge on any atom is -0.497 e. The fraction of sp³-hybridized carbons (Fsp3) is 0.167. The van der Waals surface area contributed by atoms with Crippen molar-refractivity contribution in [3.63, 3.8) is 0 Å². The van der Waals surface area contributed by atoms with Crippen LogP contribution in [0.15, 0.2) is 30.3 Å². The lowest BCUT2D eigenvalue weighted by molar-refractivity contribution is 0.395. The SMILES string of the molecule is COc1cc(Nc2ccc3nnnn3n2)cc(OC)c1. The summed E-state index contributed by atoms with van der Waals surface area (Å²) in [5.74, 6) is 1.99. The predicted molar refractivity (Wildman–Crippen MR) is 71.4 cm³/mol. The van der Waals surface area contributed by atoms with Gasteiger partial charge in [0.15, 0.2) is 11.5 Å². The molecule has 8 heteroatoms. The summed E-state index contributed by atoms with van der Waals surface area (Å²) in [6.45, 7) is 0. The Balaban J connectivity index is 1.92. The Hall–Kier alpha value is -2.90. The van der Waals surface area contributed by atoms with Crippen LogP contribution in [-0.2, 0) is 0 Å². The highest BCUT2D eigenvalue weighted by Gasteiger charge is 2.05. The number of fused-ring (bicyclic) bond motifs is 1. The lowest BCUT2D eigenvalue weighted by atomic mass is 10.2. The highest BCUT2D eigenvalue weighted by Crippen LogP contribution is 2.27. The Morgan fingerprint density at radius 1 is 1.05 bits per heavy atom. The molecule has 0 amide bonds. The van der Waals surface area contributed by atoms with Crippen LogP contribution in [0.2, 0.25) is 0 Å². The van der Waals surface area contributed by atoms with E-state index in [1.807, 2.05) is 12.1 Å². The molecule has 0 saturated carbocycles. The van der Waals surface area contributed by atoms with Crippen LogP contribution >= 0.6 is 0 Å². The van der Waals surface area contributed by atoms with E-state index in [0.29, 0.717) is 23.0 Å². The first kappa shape index (κ1) is 12.2. The zero-order chi connectivity index (χ0) is 13.9. The first-order valence-electron chi connectivity index (χ1n) is 5.84. The second-order valence-corrected chi connectivity index (χ2v) is 3.97. The number of hydrogen-bond acceptors (Lipinski definition) is 7. The maximum atomic E-state index is 5.21. The highest BCUT2D eigenvalue weighted by molar-refractivity contribution is 5.61. The number of rotatable bonds is 4.